The molecule has 5 nitrogen and oxygen atoms in total. The number of alkyl halides is 1. The number of rotatable bonds is 2. The Bertz CT molecular complexity index is 769. The Morgan fingerprint density at radius 3 is 3.09 bits per heavy atom. The number of aryl methyl sites for hydroxylation is 1. The number of fused-ring (bicyclic) bond motifs is 1. The highest BCUT2D eigenvalue weighted by Gasteiger charge is 2.24. The number of aromatic nitrogens is 2. The molecule has 1 unspecified atom stereocenters. The first kappa shape index (κ1) is 14.7. The van der Waals surface area contributed by atoms with Gasteiger partial charge in [0, 0.05) is 11.9 Å². The highest BCUT2D eigenvalue weighted by molar-refractivity contribution is 9.10. The van der Waals surface area contributed by atoms with E-state index in [1.165, 1.54) is 0 Å². The third kappa shape index (κ3) is 3.00. The zero-order valence-corrected chi connectivity index (χ0v) is 13.3. The molecule has 1 aliphatic carbocycles. The standard InChI is InChI=1S/C16H13BrN4O/c17-13-5-2-6-14-12(15(13)22)9-19-16(21-14)20-11-4-1-3-10(7-11)8-18/h1,3-4,7,9,13H,2,5-6H2,(H,19,20,21). The molecule has 0 spiro atoms. The third-order valence-corrected chi connectivity index (χ3v) is 4.41. The number of anilines is 2. The summed E-state index contributed by atoms with van der Waals surface area (Å²) in [5.41, 5.74) is 2.69. The first-order chi connectivity index (χ1) is 10.7. The van der Waals surface area contributed by atoms with Crippen LogP contribution in [-0.4, -0.2) is 20.6 Å². The lowest BCUT2D eigenvalue weighted by atomic mass is 10.1. The minimum atomic E-state index is -0.150. The molecule has 1 aromatic heterocycles. The number of nitrogens with one attached hydrogen (secondary N) is 1. The monoisotopic (exact) mass is 356 g/mol. The number of carbonyl (C=O) groups excluding carboxylic acids is 1. The van der Waals surface area contributed by atoms with E-state index < -0.39 is 0 Å². The van der Waals surface area contributed by atoms with Crippen LogP contribution in [0.25, 0.3) is 0 Å². The van der Waals surface area contributed by atoms with Gasteiger partial charge in [0.15, 0.2) is 5.78 Å². The largest absolute Gasteiger partial charge is 0.324 e. The summed E-state index contributed by atoms with van der Waals surface area (Å²) < 4.78 is 0. The zero-order valence-electron chi connectivity index (χ0n) is 11.7. The number of ketones is 1. The van der Waals surface area contributed by atoms with Crippen LogP contribution in [0.2, 0.25) is 0 Å². The van der Waals surface area contributed by atoms with Gasteiger partial charge in [-0.25, -0.2) is 9.97 Å². The predicted octanol–water partition coefficient (Wildman–Crippen LogP) is 3.37. The van der Waals surface area contributed by atoms with Crippen molar-refractivity contribution in [3.8, 4) is 6.07 Å². The van der Waals surface area contributed by atoms with Crippen LogP contribution in [0.4, 0.5) is 11.6 Å². The van der Waals surface area contributed by atoms with Gasteiger partial charge in [-0.05, 0) is 37.5 Å². The first-order valence-electron chi connectivity index (χ1n) is 6.99. The third-order valence-electron chi connectivity index (χ3n) is 3.54. The molecule has 110 valence electrons. The Morgan fingerprint density at radius 2 is 2.27 bits per heavy atom. The highest BCUT2D eigenvalue weighted by Crippen LogP contribution is 2.24. The molecule has 0 bridgehead atoms. The van der Waals surface area contributed by atoms with Crippen LogP contribution >= 0.6 is 15.9 Å². The van der Waals surface area contributed by atoms with Gasteiger partial charge in [-0.15, -0.1) is 0 Å². The molecule has 1 aliphatic rings. The fourth-order valence-electron chi connectivity index (χ4n) is 2.42. The number of nitriles is 1. The second-order valence-corrected chi connectivity index (χ2v) is 6.20. The van der Waals surface area contributed by atoms with Gasteiger partial charge in [0.1, 0.15) is 0 Å². The molecule has 3 rings (SSSR count). The van der Waals surface area contributed by atoms with Crippen molar-refractivity contribution < 1.29 is 4.79 Å². The SMILES string of the molecule is N#Cc1cccc(Nc2ncc3c(n2)CCCC(Br)C3=O)c1. The summed E-state index contributed by atoms with van der Waals surface area (Å²) in [6.07, 6.45) is 4.07. The van der Waals surface area contributed by atoms with Gasteiger partial charge in [0.05, 0.1) is 27.7 Å². The lowest BCUT2D eigenvalue weighted by Gasteiger charge is -2.09. The van der Waals surface area contributed by atoms with Crippen molar-refractivity contribution in [2.75, 3.05) is 5.32 Å². The van der Waals surface area contributed by atoms with Crippen molar-refractivity contribution in [1.29, 1.82) is 5.26 Å². The van der Waals surface area contributed by atoms with Crippen LogP contribution in [-0.2, 0) is 6.42 Å². The summed E-state index contributed by atoms with van der Waals surface area (Å²) >= 11 is 3.41. The van der Waals surface area contributed by atoms with E-state index in [0.29, 0.717) is 17.1 Å². The van der Waals surface area contributed by atoms with Crippen molar-refractivity contribution >= 4 is 33.3 Å². The van der Waals surface area contributed by atoms with E-state index >= 15 is 0 Å². The fourth-order valence-corrected chi connectivity index (χ4v) is 2.99. The maximum Gasteiger partial charge on any atom is 0.227 e. The average Bonchev–Trinajstić information content (AvgIpc) is 2.67. The summed E-state index contributed by atoms with van der Waals surface area (Å²) in [4.78, 5) is 20.7. The number of benzene rings is 1. The van der Waals surface area contributed by atoms with Gasteiger partial charge in [0.25, 0.3) is 0 Å². The minimum Gasteiger partial charge on any atom is -0.324 e. The van der Waals surface area contributed by atoms with E-state index in [2.05, 4.69) is 37.3 Å². The van der Waals surface area contributed by atoms with Crippen LogP contribution in [0.15, 0.2) is 30.5 Å². The van der Waals surface area contributed by atoms with Gasteiger partial charge in [0.2, 0.25) is 5.95 Å². The van der Waals surface area contributed by atoms with Gasteiger partial charge in [-0.3, -0.25) is 4.79 Å². The summed E-state index contributed by atoms with van der Waals surface area (Å²) in [5, 5.41) is 12.0. The summed E-state index contributed by atoms with van der Waals surface area (Å²) in [6, 6.07) is 9.19. The second-order valence-electron chi connectivity index (χ2n) is 5.10. The molecule has 0 saturated heterocycles. The van der Waals surface area contributed by atoms with Crippen LogP contribution in [0.5, 0.6) is 0 Å². The molecule has 0 fully saturated rings. The molecular weight excluding hydrogens is 344 g/mol. The lowest BCUT2D eigenvalue weighted by molar-refractivity contribution is 0.0990. The van der Waals surface area contributed by atoms with E-state index in [4.69, 9.17) is 5.26 Å². The quantitative estimate of drug-likeness (QED) is 0.659. The van der Waals surface area contributed by atoms with Crippen molar-refractivity contribution in [3.63, 3.8) is 0 Å². The number of hydrogen-bond acceptors (Lipinski definition) is 5. The van der Waals surface area contributed by atoms with E-state index in [-0.39, 0.29) is 10.6 Å². The number of halogens is 1. The molecule has 2 aromatic rings. The maximum atomic E-state index is 12.2. The Labute approximate surface area is 136 Å². The number of nitrogens with zero attached hydrogens (tertiary/aromatic N) is 3. The molecule has 0 saturated carbocycles. The van der Waals surface area contributed by atoms with Crippen molar-refractivity contribution in [2.45, 2.75) is 24.1 Å². The second kappa shape index (κ2) is 6.24. The first-order valence-corrected chi connectivity index (χ1v) is 7.90. The zero-order chi connectivity index (χ0) is 15.5. The van der Waals surface area contributed by atoms with Crippen LogP contribution in [0.1, 0.15) is 34.5 Å². The molecule has 0 aliphatic heterocycles. The molecule has 1 heterocycles. The Morgan fingerprint density at radius 1 is 1.41 bits per heavy atom. The van der Waals surface area contributed by atoms with E-state index in [1.807, 2.05) is 6.07 Å². The Balaban J connectivity index is 1.89. The Kier molecular flexibility index (Phi) is 4.16. The van der Waals surface area contributed by atoms with Crippen LogP contribution in [0.3, 0.4) is 0 Å². The molecule has 1 N–H and O–H groups in total. The van der Waals surface area contributed by atoms with Gasteiger partial charge >= 0.3 is 0 Å². The molecule has 6 heteroatoms. The van der Waals surface area contributed by atoms with Crippen LogP contribution < -0.4 is 5.32 Å². The van der Waals surface area contributed by atoms with Crippen LogP contribution in [0, 0.1) is 11.3 Å². The number of carbonyl (C=O) groups is 1. The van der Waals surface area contributed by atoms with Gasteiger partial charge in [-0.1, -0.05) is 22.0 Å². The lowest BCUT2D eigenvalue weighted by Crippen LogP contribution is -2.14. The molecular formula is C16H13BrN4O. The highest BCUT2D eigenvalue weighted by atomic mass is 79.9. The summed E-state index contributed by atoms with van der Waals surface area (Å²) in [6.45, 7) is 0. The van der Waals surface area contributed by atoms with E-state index in [9.17, 15) is 4.79 Å². The molecule has 0 radical (unpaired) electrons. The minimum absolute atomic E-state index is 0.0468. The number of hydrogen-bond donors (Lipinski definition) is 1. The normalized spacial score (nSPS) is 17.3. The smallest absolute Gasteiger partial charge is 0.227 e. The predicted molar refractivity (Wildman–Crippen MR) is 86.5 cm³/mol. The Hall–Kier alpha value is -2.26. The van der Waals surface area contributed by atoms with Gasteiger partial charge in [-0.2, -0.15) is 5.26 Å². The van der Waals surface area contributed by atoms with E-state index in [0.717, 1.165) is 30.6 Å². The van der Waals surface area contributed by atoms with Crippen molar-refractivity contribution in [2.24, 2.45) is 0 Å². The number of Topliss-reactive ketones (excluding diaryl/α,β-unsaturated/α-hetero) is 1. The molecule has 22 heavy (non-hydrogen) atoms. The molecule has 1 aromatic carbocycles. The molecule has 1 atom stereocenters. The summed E-state index contributed by atoms with van der Waals surface area (Å²) in [5.74, 6) is 0.486. The van der Waals surface area contributed by atoms with Crippen molar-refractivity contribution in [3.05, 3.63) is 47.3 Å². The molecule has 0 amide bonds. The van der Waals surface area contributed by atoms with Crippen molar-refractivity contribution in [1.82, 2.24) is 9.97 Å². The maximum absolute atomic E-state index is 12.2. The fraction of sp³-hybridized carbons (Fsp3) is 0.250. The van der Waals surface area contributed by atoms with E-state index in [1.54, 1.807) is 24.4 Å². The topological polar surface area (TPSA) is 78.7 Å². The average molecular weight is 357 g/mol. The van der Waals surface area contributed by atoms with Gasteiger partial charge < -0.3 is 5.32 Å². The summed E-state index contributed by atoms with van der Waals surface area (Å²) in [7, 11) is 0.